The lowest BCUT2D eigenvalue weighted by atomic mass is 10.1. The van der Waals surface area contributed by atoms with Crippen LogP contribution in [0, 0.1) is 5.82 Å². The molecule has 4 aromatic rings. The van der Waals surface area contributed by atoms with Crippen molar-refractivity contribution in [2.75, 3.05) is 7.05 Å². The van der Waals surface area contributed by atoms with Gasteiger partial charge in [-0.2, -0.15) is 0 Å². The minimum atomic E-state index is -0.333. The third-order valence-corrected chi connectivity index (χ3v) is 4.06. The van der Waals surface area contributed by atoms with Crippen LogP contribution in [0.3, 0.4) is 0 Å². The van der Waals surface area contributed by atoms with Gasteiger partial charge in [0.2, 0.25) is 0 Å². The highest BCUT2D eigenvalue weighted by Gasteiger charge is 2.18. The molecule has 130 valence electrons. The summed E-state index contributed by atoms with van der Waals surface area (Å²) in [5.41, 5.74) is 2.48. The second-order valence-corrected chi connectivity index (χ2v) is 5.89. The smallest absolute Gasteiger partial charge is 0.256 e. The summed E-state index contributed by atoms with van der Waals surface area (Å²) in [6.45, 7) is 0.269. The Hall–Kier alpha value is -3.55. The Morgan fingerprint density at radius 3 is 2.77 bits per heavy atom. The van der Waals surface area contributed by atoms with Crippen molar-refractivity contribution in [3.63, 3.8) is 0 Å². The first-order chi connectivity index (χ1) is 12.6. The van der Waals surface area contributed by atoms with Crippen LogP contribution in [0.15, 0.2) is 55.1 Å². The highest BCUT2D eigenvalue weighted by atomic mass is 19.1. The molecule has 2 aromatic heterocycles. The second kappa shape index (κ2) is 6.40. The molecular formula is C18H15FN6O. The Morgan fingerprint density at radius 1 is 1.19 bits per heavy atom. The molecule has 26 heavy (non-hydrogen) atoms. The number of para-hydroxylation sites is 1. The summed E-state index contributed by atoms with van der Waals surface area (Å²) in [7, 11) is 1.69. The van der Waals surface area contributed by atoms with E-state index < -0.39 is 0 Å². The zero-order chi connectivity index (χ0) is 18.1. The Balaban J connectivity index is 1.60. The third kappa shape index (κ3) is 2.92. The molecule has 0 atom stereocenters. The van der Waals surface area contributed by atoms with Gasteiger partial charge in [0.1, 0.15) is 24.3 Å². The molecule has 0 radical (unpaired) electrons. The maximum absolute atomic E-state index is 13.3. The first-order valence-corrected chi connectivity index (χ1v) is 7.95. The Labute approximate surface area is 148 Å². The number of aromatic nitrogens is 5. The number of halogens is 1. The van der Waals surface area contributed by atoms with E-state index in [9.17, 15) is 9.18 Å². The number of nitrogens with zero attached hydrogens (tertiary/aromatic N) is 5. The molecule has 0 unspecified atom stereocenters. The van der Waals surface area contributed by atoms with Gasteiger partial charge in [-0.25, -0.2) is 9.37 Å². The van der Waals surface area contributed by atoms with Gasteiger partial charge in [-0.05, 0) is 30.3 Å². The van der Waals surface area contributed by atoms with E-state index in [1.54, 1.807) is 47.4 Å². The predicted molar refractivity (Wildman–Crippen MR) is 93.2 cm³/mol. The van der Waals surface area contributed by atoms with Crippen LogP contribution >= 0.6 is 0 Å². The van der Waals surface area contributed by atoms with E-state index in [0.29, 0.717) is 28.1 Å². The van der Waals surface area contributed by atoms with Crippen molar-refractivity contribution in [1.29, 1.82) is 0 Å². The number of hydrogen-bond acceptors (Lipinski definition) is 4. The number of carbonyl (C=O) groups is 1. The van der Waals surface area contributed by atoms with E-state index in [0.717, 1.165) is 0 Å². The topological polar surface area (TPSA) is 79.7 Å². The molecule has 0 saturated heterocycles. The maximum atomic E-state index is 13.3. The molecule has 1 amide bonds. The Kier molecular flexibility index (Phi) is 3.92. The minimum absolute atomic E-state index is 0.166. The van der Waals surface area contributed by atoms with Gasteiger partial charge in [-0.3, -0.25) is 9.36 Å². The fraction of sp³-hybridized carbons (Fsp3) is 0.111. The van der Waals surface area contributed by atoms with Crippen LogP contribution in [-0.2, 0) is 6.54 Å². The van der Waals surface area contributed by atoms with Crippen LogP contribution in [0.5, 0.6) is 0 Å². The van der Waals surface area contributed by atoms with Crippen LogP contribution in [0.4, 0.5) is 4.39 Å². The Bertz CT molecular complexity index is 1070. The van der Waals surface area contributed by atoms with Crippen molar-refractivity contribution in [2.45, 2.75) is 6.54 Å². The molecule has 0 saturated carbocycles. The van der Waals surface area contributed by atoms with Crippen LogP contribution in [0.2, 0.25) is 0 Å². The summed E-state index contributed by atoms with van der Waals surface area (Å²) >= 11 is 0. The van der Waals surface area contributed by atoms with Crippen molar-refractivity contribution in [3.05, 3.63) is 72.3 Å². The van der Waals surface area contributed by atoms with Crippen LogP contribution < -0.4 is 0 Å². The number of imidazole rings is 1. The first kappa shape index (κ1) is 15.9. The number of fused-ring (bicyclic) bond motifs is 1. The highest BCUT2D eigenvalue weighted by molar-refractivity contribution is 5.97. The average molecular weight is 350 g/mol. The van der Waals surface area contributed by atoms with Crippen molar-refractivity contribution >= 4 is 16.9 Å². The average Bonchev–Trinajstić information content (AvgIpc) is 3.30. The summed E-state index contributed by atoms with van der Waals surface area (Å²) in [6.07, 6.45) is 3.08. The first-order valence-electron chi connectivity index (χ1n) is 7.95. The van der Waals surface area contributed by atoms with Crippen molar-refractivity contribution in [3.8, 4) is 5.69 Å². The standard InChI is InChI=1S/C18H15FN6O/c1-24(9-17-22-14-7-6-12(19)8-15(14)23-17)18(26)13-4-2-3-5-16(13)25-10-20-21-11-25/h2-8,10-11H,9H2,1H3,(H,22,23). The van der Waals surface area contributed by atoms with Crippen LogP contribution in [-0.4, -0.2) is 42.6 Å². The number of rotatable bonds is 4. The van der Waals surface area contributed by atoms with Gasteiger partial charge in [0.05, 0.1) is 28.8 Å². The quantitative estimate of drug-likeness (QED) is 0.613. The lowest BCUT2D eigenvalue weighted by Gasteiger charge is -2.18. The molecule has 0 spiro atoms. The summed E-state index contributed by atoms with van der Waals surface area (Å²) in [6, 6.07) is 11.6. The molecule has 7 nitrogen and oxygen atoms in total. The van der Waals surface area contributed by atoms with Crippen molar-refractivity contribution < 1.29 is 9.18 Å². The molecule has 4 rings (SSSR count). The summed E-state index contributed by atoms with van der Waals surface area (Å²) in [4.78, 5) is 21.9. The van der Waals surface area contributed by atoms with Crippen molar-refractivity contribution in [1.82, 2.24) is 29.6 Å². The number of benzene rings is 2. The number of amides is 1. The van der Waals surface area contributed by atoms with Gasteiger partial charge < -0.3 is 9.88 Å². The molecule has 0 aliphatic carbocycles. The van der Waals surface area contributed by atoms with Gasteiger partial charge >= 0.3 is 0 Å². The monoisotopic (exact) mass is 350 g/mol. The molecule has 0 bridgehead atoms. The SMILES string of the molecule is CN(Cc1nc2ccc(F)cc2[nH]1)C(=O)c1ccccc1-n1cnnc1. The molecule has 1 N–H and O–H groups in total. The Morgan fingerprint density at radius 2 is 1.96 bits per heavy atom. The van der Waals surface area contributed by atoms with Gasteiger partial charge in [0, 0.05) is 7.05 Å². The van der Waals surface area contributed by atoms with Gasteiger partial charge in [-0.15, -0.1) is 10.2 Å². The number of H-pyrrole nitrogens is 1. The van der Waals surface area contributed by atoms with Crippen LogP contribution in [0.25, 0.3) is 16.7 Å². The summed E-state index contributed by atoms with van der Waals surface area (Å²) in [5, 5.41) is 7.57. The molecule has 2 heterocycles. The van der Waals surface area contributed by atoms with Gasteiger partial charge in [0.25, 0.3) is 5.91 Å². The fourth-order valence-electron chi connectivity index (χ4n) is 2.82. The molecule has 2 aromatic carbocycles. The van der Waals surface area contributed by atoms with Gasteiger partial charge in [0.15, 0.2) is 0 Å². The van der Waals surface area contributed by atoms with Crippen LogP contribution in [0.1, 0.15) is 16.2 Å². The van der Waals surface area contributed by atoms with Gasteiger partial charge in [-0.1, -0.05) is 12.1 Å². The number of aromatic amines is 1. The minimum Gasteiger partial charge on any atom is -0.340 e. The van der Waals surface area contributed by atoms with E-state index in [2.05, 4.69) is 20.2 Å². The molecule has 0 aliphatic heterocycles. The van der Waals surface area contributed by atoms with E-state index >= 15 is 0 Å². The number of nitrogens with one attached hydrogen (secondary N) is 1. The number of hydrogen-bond donors (Lipinski definition) is 1. The lowest BCUT2D eigenvalue weighted by molar-refractivity contribution is 0.0782. The van der Waals surface area contributed by atoms with E-state index in [1.807, 2.05) is 12.1 Å². The fourth-order valence-corrected chi connectivity index (χ4v) is 2.82. The molecular weight excluding hydrogens is 335 g/mol. The summed E-state index contributed by atoms with van der Waals surface area (Å²) in [5.74, 6) is 0.0872. The summed E-state index contributed by atoms with van der Waals surface area (Å²) < 4.78 is 15.0. The predicted octanol–water partition coefficient (Wildman–Crippen LogP) is 2.55. The third-order valence-electron chi connectivity index (χ3n) is 4.06. The molecule has 0 aliphatic rings. The lowest BCUT2D eigenvalue weighted by Crippen LogP contribution is -2.27. The molecule has 8 heteroatoms. The maximum Gasteiger partial charge on any atom is 0.256 e. The highest BCUT2D eigenvalue weighted by Crippen LogP contribution is 2.18. The second-order valence-electron chi connectivity index (χ2n) is 5.89. The zero-order valence-electron chi connectivity index (χ0n) is 13.9. The normalized spacial score (nSPS) is 11.0. The molecule has 0 fully saturated rings. The largest absolute Gasteiger partial charge is 0.340 e. The zero-order valence-corrected chi connectivity index (χ0v) is 13.9. The number of carbonyl (C=O) groups excluding carboxylic acids is 1. The van der Waals surface area contributed by atoms with E-state index in [-0.39, 0.29) is 18.3 Å². The van der Waals surface area contributed by atoms with E-state index in [4.69, 9.17) is 0 Å². The van der Waals surface area contributed by atoms with Crippen molar-refractivity contribution in [2.24, 2.45) is 0 Å². The van der Waals surface area contributed by atoms with E-state index in [1.165, 1.54) is 12.1 Å².